The van der Waals surface area contributed by atoms with Gasteiger partial charge in [0.15, 0.2) is 0 Å². The van der Waals surface area contributed by atoms with Crippen LogP contribution in [0, 0.1) is 0 Å². The zero-order chi connectivity index (χ0) is 18.2. The molecule has 1 fully saturated rings. The van der Waals surface area contributed by atoms with E-state index in [1.165, 1.54) is 6.20 Å². The van der Waals surface area contributed by atoms with Crippen LogP contribution >= 0.6 is 0 Å². The molecule has 0 aromatic carbocycles. The van der Waals surface area contributed by atoms with Gasteiger partial charge < -0.3 is 14.7 Å². The lowest BCUT2D eigenvalue weighted by Gasteiger charge is -2.32. The van der Waals surface area contributed by atoms with E-state index in [4.69, 9.17) is 0 Å². The Morgan fingerprint density at radius 3 is 2.36 bits per heavy atom. The van der Waals surface area contributed by atoms with Crippen molar-refractivity contribution in [2.24, 2.45) is 0 Å². The van der Waals surface area contributed by atoms with E-state index >= 15 is 0 Å². The first-order chi connectivity index (χ1) is 12.1. The minimum absolute atomic E-state index is 0.125. The van der Waals surface area contributed by atoms with Gasteiger partial charge in [0.25, 0.3) is 11.8 Å². The Morgan fingerprint density at radius 1 is 1.16 bits per heavy atom. The standard InChI is InChI=1S/C18H26N4O3/c1-3-7-21(8-4-2)18(25)16-13-15(5-6-19-16)17(24)22-11-9-20(14-23)10-12-22/h5-6,13-14H,3-4,7-12H2,1-2H3. The van der Waals surface area contributed by atoms with Crippen LogP contribution in [0.15, 0.2) is 18.3 Å². The van der Waals surface area contributed by atoms with Gasteiger partial charge >= 0.3 is 0 Å². The fourth-order valence-corrected chi connectivity index (χ4v) is 2.91. The number of pyridine rings is 1. The Kier molecular flexibility index (Phi) is 6.91. The maximum atomic E-state index is 12.7. The van der Waals surface area contributed by atoms with Crippen LogP contribution < -0.4 is 0 Å². The minimum Gasteiger partial charge on any atom is -0.342 e. The first-order valence-electron chi connectivity index (χ1n) is 8.84. The highest BCUT2D eigenvalue weighted by Gasteiger charge is 2.23. The average molecular weight is 346 g/mol. The van der Waals surface area contributed by atoms with Gasteiger partial charge in [0.05, 0.1) is 0 Å². The van der Waals surface area contributed by atoms with Gasteiger partial charge in [0.1, 0.15) is 5.69 Å². The van der Waals surface area contributed by atoms with E-state index in [2.05, 4.69) is 4.98 Å². The van der Waals surface area contributed by atoms with E-state index in [1.807, 2.05) is 13.8 Å². The summed E-state index contributed by atoms with van der Waals surface area (Å²) >= 11 is 0. The second kappa shape index (κ2) is 9.15. The molecule has 1 aromatic rings. The number of carbonyl (C=O) groups is 3. The van der Waals surface area contributed by atoms with Crippen LogP contribution in [0.2, 0.25) is 0 Å². The Labute approximate surface area is 148 Å². The number of hydrogen-bond acceptors (Lipinski definition) is 4. The molecule has 0 spiro atoms. The number of amides is 3. The molecule has 0 aliphatic carbocycles. The van der Waals surface area contributed by atoms with Gasteiger partial charge in [-0.05, 0) is 25.0 Å². The third-order valence-corrected chi connectivity index (χ3v) is 4.25. The Hall–Kier alpha value is -2.44. The number of nitrogens with zero attached hydrogens (tertiary/aromatic N) is 4. The number of piperazine rings is 1. The Morgan fingerprint density at radius 2 is 1.80 bits per heavy atom. The predicted molar refractivity (Wildman–Crippen MR) is 94.3 cm³/mol. The summed E-state index contributed by atoms with van der Waals surface area (Å²) in [6, 6.07) is 3.21. The molecule has 25 heavy (non-hydrogen) atoms. The van der Waals surface area contributed by atoms with Crippen molar-refractivity contribution >= 4 is 18.2 Å². The molecule has 2 rings (SSSR count). The summed E-state index contributed by atoms with van der Waals surface area (Å²) in [7, 11) is 0. The smallest absolute Gasteiger partial charge is 0.272 e. The van der Waals surface area contributed by atoms with E-state index in [9.17, 15) is 14.4 Å². The van der Waals surface area contributed by atoms with Crippen molar-refractivity contribution in [3.8, 4) is 0 Å². The topological polar surface area (TPSA) is 73.8 Å². The zero-order valence-electron chi connectivity index (χ0n) is 15.0. The number of aromatic nitrogens is 1. The summed E-state index contributed by atoms with van der Waals surface area (Å²) in [6.07, 6.45) is 4.08. The number of hydrogen-bond donors (Lipinski definition) is 0. The van der Waals surface area contributed by atoms with E-state index < -0.39 is 0 Å². The van der Waals surface area contributed by atoms with Crippen molar-refractivity contribution in [2.75, 3.05) is 39.3 Å². The highest BCUT2D eigenvalue weighted by Crippen LogP contribution is 2.11. The molecule has 1 aromatic heterocycles. The molecule has 0 unspecified atom stereocenters. The third-order valence-electron chi connectivity index (χ3n) is 4.25. The molecule has 136 valence electrons. The SMILES string of the molecule is CCCN(CCC)C(=O)c1cc(C(=O)N2CCN(C=O)CC2)ccn1. The molecule has 7 heteroatoms. The van der Waals surface area contributed by atoms with Crippen LogP contribution in [0.1, 0.15) is 47.5 Å². The first kappa shape index (κ1) is 18.9. The van der Waals surface area contributed by atoms with Crippen LogP contribution in [0.25, 0.3) is 0 Å². The van der Waals surface area contributed by atoms with Gasteiger partial charge in [-0.2, -0.15) is 0 Å². The van der Waals surface area contributed by atoms with Gasteiger partial charge in [-0.1, -0.05) is 13.8 Å². The van der Waals surface area contributed by atoms with E-state index in [1.54, 1.807) is 26.8 Å². The molecule has 0 atom stereocenters. The van der Waals surface area contributed by atoms with Gasteiger partial charge in [-0.25, -0.2) is 0 Å². The largest absolute Gasteiger partial charge is 0.342 e. The number of rotatable bonds is 7. The van der Waals surface area contributed by atoms with Crippen LogP contribution in [-0.2, 0) is 4.79 Å². The molecular weight excluding hydrogens is 320 g/mol. The van der Waals surface area contributed by atoms with Gasteiger partial charge in [-0.15, -0.1) is 0 Å². The molecule has 0 saturated carbocycles. The maximum absolute atomic E-state index is 12.7. The van der Waals surface area contributed by atoms with E-state index in [-0.39, 0.29) is 11.8 Å². The molecule has 3 amide bonds. The van der Waals surface area contributed by atoms with Gasteiger partial charge in [-0.3, -0.25) is 19.4 Å². The quantitative estimate of drug-likeness (QED) is 0.697. The van der Waals surface area contributed by atoms with Crippen LogP contribution in [0.4, 0.5) is 0 Å². The van der Waals surface area contributed by atoms with Crippen molar-refractivity contribution in [3.05, 3.63) is 29.6 Å². The Bertz CT molecular complexity index is 606. The fraction of sp³-hybridized carbons (Fsp3) is 0.556. The second-order valence-electron chi connectivity index (χ2n) is 6.16. The van der Waals surface area contributed by atoms with Crippen molar-refractivity contribution in [3.63, 3.8) is 0 Å². The third kappa shape index (κ3) is 4.78. The summed E-state index contributed by atoms with van der Waals surface area (Å²) in [5.41, 5.74) is 0.769. The second-order valence-corrected chi connectivity index (χ2v) is 6.16. The highest BCUT2D eigenvalue weighted by atomic mass is 16.2. The molecule has 7 nitrogen and oxygen atoms in total. The molecule has 2 heterocycles. The fourth-order valence-electron chi connectivity index (χ4n) is 2.91. The number of carbonyl (C=O) groups excluding carboxylic acids is 3. The summed E-state index contributed by atoms with van der Waals surface area (Å²) in [6.45, 7) is 7.49. The normalized spacial score (nSPS) is 14.3. The maximum Gasteiger partial charge on any atom is 0.272 e. The van der Waals surface area contributed by atoms with Gasteiger partial charge in [0, 0.05) is 51.0 Å². The minimum atomic E-state index is -0.135. The highest BCUT2D eigenvalue weighted by molar-refractivity contribution is 5.98. The summed E-state index contributed by atoms with van der Waals surface area (Å²) < 4.78 is 0. The van der Waals surface area contributed by atoms with Crippen molar-refractivity contribution in [2.45, 2.75) is 26.7 Å². The van der Waals surface area contributed by atoms with Crippen LogP contribution in [0.5, 0.6) is 0 Å². The molecule has 0 radical (unpaired) electrons. The van der Waals surface area contributed by atoms with Crippen molar-refractivity contribution in [1.82, 2.24) is 19.7 Å². The first-order valence-corrected chi connectivity index (χ1v) is 8.84. The zero-order valence-corrected chi connectivity index (χ0v) is 15.0. The molecular formula is C18H26N4O3. The molecule has 0 bridgehead atoms. The van der Waals surface area contributed by atoms with Crippen LogP contribution in [-0.4, -0.2) is 77.2 Å². The van der Waals surface area contributed by atoms with E-state index in [0.29, 0.717) is 50.5 Å². The lowest BCUT2D eigenvalue weighted by Crippen LogP contribution is -2.48. The molecule has 1 aliphatic heterocycles. The Balaban J connectivity index is 2.11. The average Bonchev–Trinajstić information content (AvgIpc) is 2.67. The van der Waals surface area contributed by atoms with Crippen LogP contribution in [0.3, 0.4) is 0 Å². The molecule has 1 saturated heterocycles. The predicted octanol–water partition coefficient (Wildman–Crippen LogP) is 1.26. The van der Waals surface area contributed by atoms with Crippen molar-refractivity contribution in [1.29, 1.82) is 0 Å². The summed E-state index contributed by atoms with van der Waals surface area (Å²) in [4.78, 5) is 45.4. The van der Waals surface area contributed by atoms with E-state index in [0.717, 1.165) is 19.3 Å². The lowest BCUT2D eigenvalue weighted by molar-refractivity contribution is -0.119. The van der Waals surface area contributed by atoms with Crippen molar-refractivity contribution < 1.29 is 14.4 Å². The van der Waals surface area contributed by atoms with Gasteiger partial charge in [0.2, 0.25) is 6.41 Å². The molecule has 1 aliphatic rings. The monoisotopic (exact) mass is 346 g/mol. The summed E-state index contributed by atoms with van der Waals surface area (Å²) in [5, 5.41) is 0. The lowest BCUT2D eigenvalue weighted by atomic mass is 10.1. The molecule has 0 N–H and O–H groups in total. The summed E-state index contributed by atoms with van der Waals surface area (Å²) in [5.74, 6) is -0.261.